The highest BCUT2D eigenvalue weighted by molar-refractivity contribution is 5.95. The number of aryl methyl sites for hydroxylation is 1. The summed E-state index contributed by atoms with van der Waals surface area (Å²) >= 11 is 0. The number of hydrogen-bond acceptors (Lipinski definition) is 4. The number of nitrogens with zero attached hydrogens (tertiary/aromatic N) is 1. The number of rotatable bonds is 6. The number of benzene rings is 1. The van der Waals surface area contributed by atoms with Crippen molar-refractivity contribution in [3.05, 3.63) is 23.8 Å². The van der Waals surface area contributed by atoms with Gasteiger partial charge in [-0.05, 0) is 51.9 Å². The van der Waals surface area contributed by atoms with Gasteiger partial charge in [-0.1, -0.05) is 13.0 Å². The minimum atomic E-state index is -0.836. The molecule has 0 aromatic heterocycles. The lowest BCUT2D eigenvalue weighted by Gasteiger charge is -2.32. The quantitative estimate of drug-likeness (QED) is 0.701. The van der Waals surface area contributed by atoms with Crippen molar-refractivity contribution in [2.45, 2.75) is 46.3 Å². The van der Waals surface area contributed by atoms with E-state index in [0.29, 0.717) is 18.8 Å². The molecule has 1 rings (SSSR count). The molecule has 5 heteroatoms. The van der Waals surface area contributed by atoms with E-state index in [1.807, 2.05) is 31.7 Å². The van der Waals surface area contributed by atoms with Gasteiger partial charge in [0.25, 0.3) is 0 Å². The first-order valence-corrected chi connectivity index (χ1v) is 7.27. The van der Waals surface area contributed by atoms with E-state index < -0.39 is 5.60 Å². The Bertz CT molecular complexity index is 495. The highest BCUT2D eigenvalue weighted by Crippen LogP contribution is 2.19. The zero-order chi connectivity index (χ0) is 16.2. The third kappa shape index (κ3) is 5.36. The van der Waals surface area contributed by atoms with Gasteiger partial charge in [-0.2, -0.15) is 0 Å². The topological polar surface area (TPSA) is 78.6 Å². The fraction of sp³-hybridized carbons (Fsp3) is 0.562. The first-order valence-electron chi connectivity index (χ1n) is 7.27. The van der Waals surface area contributed by atoms with E-state index in [1.165, 1.54) is 0 Å². The highest BCUT2D eigenvalue weighted by Gasteiger charge is 2.25. The van der Waals surface area contributed by atoms with Crippen molar-refractivity contribution in [2.24, 2.45) is 0 Å². The van der Waals surface area contributed by atoms with E-state index in [1.54, 1.807) is 26.0 Å². The van der Waals surface area contributed by atoms with Crippen LogP contribution in [-0.2, 0) is 4.79 Å². The number of carbonyl (C=O) groups excluding carboxylic acids is 1. The molecule has 0 radical (unpaired) electrons. The van der Waals surface area contributed by atoms with Crippen LogP contribution in [0.5, 0.6) is 0 Å². The van der Waals surface area contributed by atoms with Crippen molar-refractivity contribution in [3.63, 3.8) is 0 Å². The molecule has 0 aliphatic carbocycles. The van der Waals surface area contributed by atoms with Gasteiger partial charge in [0, 0.05) is 17.9 Å². The molecule has 0 saturated heterocycles. The van der Waals surface area contributed by atoms with Crippen LogP contribution in [0.2, 0.25) is 0 Å². The summed E-state index contributed by atoms with van der Waals surface area (Å²) in [5.41, 5.74) is 7.23. The summed E-state index contributed by atoms with van der Waals surface area (Å²) in [4.78, 5) is 14.3. The molecule has 0 bridgehead atoms. The molecule has 0 aliphatic heterocycles. The van der Waals surface area contributed by atoms with E-state index in [-0.39, 0.29) is 11.9 Å². The molecule has 5 nitrogen and oxygen atoms in total. The maximum absolute atomic E-state index is 12.4. The Labute approximate surface area is 127 Å². The van der Waals surface area contributed by atoms with Crippen molar-refractivity contribution < 1.29 is 9.90 Å². The van der Waals surface area contributed by atoms with Gasteiger partial charge in [-0.15, -0.1) is 0 Å². The molecular formula is C16H27N3O2. The van der Waals surface area contributed by atoms with E-state index in [0.717, 1.165) is 11.3 Å². The molecule has 1 aromatic rings. The lowest BCUT2D eigenvalue weighted by molar-refractivity contribution is -0.121. The van der Waals surface area contributed by atoms with Crippen LogP contribution in [0.3, 0.4) is 0 Å². The van der Waals surface area contributed by atoms with Crippen LogP contribution < -0.4 is 11.1 Å². The first kappa shape index (κ1) is 17.5. The Balaban J connectivity index is 2.79. The second kappa shape index (κ2) is 6.91. The maximum Gasteiger partial charge on any atom is 0.241 e. The van der Waals surface area contributed by atoms with Crippen molar-refractivity contribution >= 4 is 17.3 Å². The predicted octanol–water partition coefficient (Wildman–Crippen LogP) is 2.00. The molecule has 1 unspecified atom stereocenters. The average molecular weight is 293 g/mol. The number of carbonyl (C=O) groups is 1. The zero-order valence-corrected chi connectivity index (χ0v) is 13.6. The van der Waals surface area contributed by atoms with Gasteiger partial charge in [0.1, 0.15) is 0 Å². The lowest BCUT2D eigenvalue weighted by atomic mass is 10.1. The average Bonchev–Trinajstić information content (AvgIpc) is 2.38. The number of aliphatic hydroxyl groups is 1. The standard InChI is InChI=1S/C16H27N3O2/c1-6-19(10-16(4,5)21)12(3)15(20)18-14-9-13(17)8-7-11(14)2/h7-9,12,21H,6,10,17H2,1-5H3,(H,18,20). The summed E-state index contributed by atoms with van der Waals surface area (Å²) in [6.45, 7) is 10.3. The van der Waals surface area contributed by atoms with Crippen molar-refractivity contribution in [1.29, 1.82) is 0 Å². The van der Waals surface area contributed by atoms with Gasteiger partial charge in [0.2, 0.25) is 5.91 Å². The second-order valence-corrected chi connectivity index (χ2v) is 6.12. The zero-order valence-electron chi connectivity index (χ0n) is 13.6. The smallest absolute Gasteiger partial charge is 0.241 e. The molecular weight excluding hydrogens is 266 g/mol. The van der Waals surface area contributed by atoms with Crippen molar-refractivity contribution in [3.8, 4) is 0 Å². The lowest BCUT2D eigenvalue weighted by Crippen LogP contribution is -2.48. The minimum absolute atomic E-state index is 0.102. The third-order valence-electron chi connectivity index (χ3n) is 3.44. The number of hydrogen-bond donors (Lipinski definition) is 3. The summed E-state index contributed by atoms with van der Waals surface area (Å²) in [6, 6.07) is 5.11. The molecule has 4 N–H and O–H groups in total. The summed E-state index contributed by atoms with van der Waals surface area (Å²) < 4.78 is 0. The van der Waals surface area contributed by atoms with E-state index in [4.69, 9.17) is 5.73 Å². The number of nitrogens with two attached hydrogens (primary N) is 1. The summed E-state index contributed by atoms with van der Waals surface area (Å²) in [6.07, 6.45) is 0. The molecule has 0 saturated carbocycles. The monoisotopic (exact) mass is 293 g/mol. The van der Waals surface area contributed by atoms with Crippen molar-refractivity contribution in [2.75, 3.05) is 24.1 Å². The Morgan fingerprint density at radius 3 is 2.62 bits per heavy atom. The Hall–Kier alpha value is -1.59. The van der Waals surface area contributed by atoms with Crippen LogP contribution in [0.25, 0.3) is 0 Å². The first-order chi connectivity index (χ1) is 9.64. The van der Waals surface area contributed by atoms with Gasteiger partial charge in [-0.3, -0.25) is 9.69 Å². The Morgan fingerprint density at radius 2 is 2.10 bits per heavy atom. The van der Waals surface area contributed by atoms with Gasteiger partial charge in [-0.25, -0.2) is 0 Å². The van der Waals surface area contributed by atoms with Crippen LogP contribution in [-0.4, -0.2) is 40.6 Å². The summed E-state index contributed by atoms with van der Waals surface area (Å²) in [5.74, 6) is -0.102. The molecule has 0 spiro atoms. The van der Waals surface area contributed by atoms with Gasteiger partial charge in [0.15, 0.2) is 0 Å². The maximum atomic E-state index is 12.4. The molecule has 21 heavy (non-hydrogen) atoms. The number of amides is 1. The molecule has 0 heterocycles. The minimum Gasteiger partial charge on any atom is -0.399 e. The summed E-state index contributed by atoms with van der Waals surface area (Å²) in [7, 11) is 0. The number of likely N-dealkylation sites (N-methyl/N-ethyl adjacent to an activating group) is 1. The molecule has 1 amide bonds. The number of nitrogen functional groups attached to an aromatic ring is 1. The second-order valence-electron chi connectivity index (χ2n) is 6.12. The Kier molecular flexibility index (Phi) is 5.75. The normalized spacial score (nSPS) is 13.3. The van der Waals surface area contributed by atoms with E-state index >= 15 is 0 Å². The SMILES string of the molecule is CCN(CC(C)(C)O)C(C)C(=O)Nc1cc(N)ccc1C. The molecule has 118 valence electrons. The van der Waals surface area contributed by atoms with E-state index in [9.17, 15) is 9.90 Å². The Morgan fingerprint density at radius 1 is 1.48 bits per heavy atom. The van der Waals surface area contributed by atoms with Gasteiger partial charge in [0.05, 0.1) is 11.6 Å². The fourth-order valence-electron chi connectivity index (χ4n) is 2.20. The van der Waals surface area contributed by atoms with Crippen LogP contribution in [0, 0.1) is 6.92 Å². The van der Waals surface area contributed by atoms with Crippen LogP contribution >= 0.6 is 0 Å². The molecule has 1 atom stereocenters. The highest BCUT2D eigenvalue weighted by atomic mass is 16.3. The van der Waals surface area contributed by atoms with Gasteiger partial charge >= 0.3 is 0 Å². The number of nitrogens with one attached hydrogen (secondary N) is 1. The van der Waals surface area contributed by atoms with E-state index in [2.05, 4.69) is 5.32 Å². The largest absolute Gasteiger partial charge is 0.399 e. The third-order valence-corrected chi connectivity index (χ3v) is 3.44. The predicted molar refractivity (Wildman–Crippen MR) is 87.2 cm³/mol. The van der Waals surface area contributed by atoms with Crippen LogP contribution in [0.15, 0.2) is 18.2 Å². The van der Waals surface area contributed by atoms with Crippen molar-refractivity contribution in [1.82, 2.24) is 4.90 Å². The van der Waals surface area contributed by atoms with Gasteiger partial charge < -0.3 is 16.2 Å². The van der Waals surface area contributed by atoms with Crippen LogP contribution in [0.4, 0.5) is 11.4 Å². The van der Waals surface area contributed by atoms with Crippen LogP contribution in [0.1, 0.15) is 33.3 Å². The molecule has 1 aromatic carbocycles. The molecule has 0 fully saturated rings. The summed E-state index contributed by atoms with van der Waals surface area (Å²) in [5, 5.41) is 12.8. The number of anilines is 2. The molecule has 0 aliphatic rings. The fourth-order valence-corrected chi connectivity index (χ4v) is 2.20.